The number of hydrogen-bond donors (Lipinski definition) is 1. The highest BCUT2D eigenvalue weighted by atomic mass is 35.5. The molecule has 1 aromatic carbocycles. The van der Waals surface area contributed by atoms with E-state index in [9.17, 15) is 19.2 Å². The van der Waals surface area contributed by atoms with Crippen LogP contribution in [0.15, 0.2) is 18.2 Å². The fraction of sp³-hybridized carbons (Fsp3) is 0.375. The van der Waals surface area contributed by atoms with Gasteiger partial charge in [0.15, 0.2) is 12.6 Å². The van der Waals surface area contributed by atoms with Crippen molar-refractivity contribution in [2.75, 3.05) is 12.4 Å². The molecule has 0 aliphatic carbocycles. The summed E-state index contributed by atoms with van der Waals surface area (Å²) in [5, 5.41) is 2.72. The van der Waals surface area contributed by atoms with Gasteiger partial charge in [-0.25, -0.2) is 0 Å². The maximum Gasteiger partial charge on any atom is 0.220 e. The number of amides is 1. The topological polar surface area (TPSA) is 80.3 Å². The molecule has 0 saturated carbocycles. The molecule has 0 saturated heterocycles. The summed E-state index contributed by atoms with van der Waals surface area (Å²) < 4.78 is 0. The lowest BCUT2D eigenvalue weighted by molar-refractivity contribution is -0.121. The van der Waals surface area contributed by atoms with Crippen molar-refractivity contribution in [3.05, 3.63) is 34.9 Å². The Balaban J connectivity index is 2.36. The molecule has 0 atom stereocenters. The number of Topliss-reactive ketones (excluding diaryl/α,β-unsaturated/α-hetero) is 1. The van der Waals surface area contributed by atoms with Crippen LogP contribution in [0, 0.1) is 0 Å². The first-order chi connectivity index (χ1) is 10.6. The van der Waals surface area contributed by atoms with E-state index in [0.29, 0.717) is 49.5 Å². The van der Waals surface area contributed by atoms with Gasteiger partial charge in [-0.3, -0.25) is 19.2 Å². The first kappa shape index (κ1) is 18.0. The zero-order chi connectivity index (χ0) is 16.4. The highest BCUT2D eigenvalue weighted by Gasteiger charge is 2.06. The zero-order valence-electron chi connectivity index (χ0n) is 12.1. The number of aryl methyl sites for hydroxylation is 1. The van der Waals surface area contributed by atoms with Crippen molar-refractivity contribution in [2.45, 2.75) is 25.7 Å². The predicted octanol–water partition coefficient (Wildman–Crippen LogP) is 1.95. The minimum Gasteiger partial charge on any atom is -0.356 e. The van der Waals surface area contributed by atoms with Gasteiger partial charge in [0.25, 0.3) is 0 Å². The Morgan fingerprint density at radius 1 is 1.09 bits per heavy atom. The second-order valence-corrected chi connectivity index (χ2v) is 5.09. The highest BCUT2D eigenvalue weighted by Crippen LogP contribution is 2.10. The molecule has 0 aromatic heterocycles. The molecule has 1 amide bonds. The number of nitrogens with one attached hydrogen (secondary N) is 1. The summed E-state index contributed by atoms with van der Waals surface area (Å²) in [6.45, 7) is 0.436. The van der Waals surface area contributed by atoms with Gasteiger partial charge in [0.1, 0.15) is 5.78 Å². The van der Waals surface area contributed by atoms with E-state index in [1.54, 1.807) is 18.2 Å². The first-order valence-electron chi connectivity index (χ1n) is 6.98. The average molecular weight is 324 g/mol. The molecule has 5 nitrogen and oxygen atoms in total. The number of alkyl halides is 1. The van der Waals surface area contributed by atoms with Crippen LogP contribution in [-0.4, -0.2) is 36.7 Å². The fourth-order valence-corrected chi connectivity index (χ4v) is 2.05. The van der Waals surface area contributed by atoms with Crippen LogP contribution in [-0.2, 0) is 16.0 Å². The molecule has 0 aliphatic rings. The molecule has 0 radical (unpaired) electrons. The number of hydrogen-bond acceptors (Lipinski definition) is 4. The third-order valence-electron chi connectivity index (χ3n) is 3.15. The minimum absolute atomic E-state index is 0.00377. The second kappa shape index (κ2) is 9.84. The third-order valence-corrected chi connectivity index (χ3v) is 3.45. The molecule has 1 rings (SSSR count). The summed E-state index contributed by atoms with van der Waals surface area (Å²) >= 11 is 5.37. The molecule has 0 heterocycles. The summed E-state index contributed by atoms with van der Waals surface area (Å²) in [6.07, 6.45) is 2.94. The third kappa shape index (κ3) is 6.18. The largest absolute Gasteiger partial charge is 0.356 e. The zero-order valence-corrected chi connectivity index (χ0v) is 12.9. The summed E-state index contributed by atoms with van der Waals surface area (Å²) in [5.74, 6) is -0.151. The van der Waals surface area contributed by atoms with Crippen LogP contribution in [0.25, 0.3) is 0 Å². The van der Waals surface area contributed by atoms with Gasteiger partial charge < -0.3 is 5.32 Å². The molecule has 0 spiro atoms. The molecule has 22 heavy (non-hydrogen) atoms. The summed E-state index contributed by atoms with van der Waals surface area (Å²) in [7, 11) is 0. The quantitative estimate of drug-likeness (QED) is 0.405. The van der Waals surface area contributed by atoms with E-state index in [2.05, 4.69) is 5.32 Å². The molecular weight excluding hydrogens is 306 g/mol. The maximum absolute atomic E-state index is 11.7. The number of ketones is 1. The molecule has 1 aromatic rings. The molecule has 0 unspecified atom stereocenters. The lowest BCUT2D eigenvalue weighted by Crippen LogP contribution is -2.25. The standard InChI is InChI=1S/C16H18ClNO4/c17-9-15(21)2-1-7-18-16(22)6-4-12-3-5-13(10-19)14(8-12)11-20/h3,5,8,10-11H,1-2,4,6-7,9H2,(H,18,22). The molecular formula is C16H18ClNO4. The second-order valence-electron chi connectivity index (χ2n) is 4.82. The van der Waals surface area contributed by atoms with E-state index in [4.69, 9.17) is 11.6 Å². The van der Waals surface area contributed by atoms with Crippen molar-refractivity contribution in [3.63, 3.8) is 0 Å². The van der Waals surface area contributed by atoms with Gasteiger partial charge in [0.2, 0.25) is 5.91 Å². The predicted molar refractivity (Wildman–Crippen MR) is 83.5 cm³/mol. The smallest absolute Gasteiger partial charge is 0.220 e. The molecule has 0 bridgehead atoms. The van der Waals surface area contributed by atoms with Crippen molar-refractivity contribution in [2.24, 2.45) is 0 Å². The Kier molecular flexibility index (Phi) is 8.07. The normalized spacial score (nSPS) is 10.0. The number of carbonyl (C=O) groups excluding carboxylic acids is 4. The van der Waals surface area contributed by atoms with Crippen LogP contribution in [0.1, 0.15) is 45.5 Å². The van der Waals surface area contributed by atoms with E-state index < -0.39 is 0 Å². The number of carbonyl (C=O) groups is 4. The molecule has 0 fully saturated rings. The van der Waals surface area contributed by atoms with Crippen molar-refractivity contribution in [3.8, 4) is 0 Å². The molecule has 6 heteroatoms. The molecule has 0 aliphatic heterocycles. The van der Waals surface area contributed by atoms with Gasteiger partial charge in [0, 0.05) is 30.5 Å². The van der Waals surface area contributed by atoms with Gasteiger partial charge in [-0.15, -0.1) is 11.6 Å². The highest BCUT2D eigenvalue weighted by molar-refractivity contribution is 6.27. The fourth-order valence-electron chi connectivity index (χ4n) is 1.92. The number of benzene rings is 1. The Hall–Kier alpha value is -2.01. The molecule has 1 N–H and O–H groups in total. The Labute approximate surface area is 134 Å². The Morgan fingerprint density at radius 3 is 2.45 bits per heavy atom. The van der Waals surface area contributed by atoms with Crippen LogP contribution in [0.4, 0.5) is 0 Å². The van der Waals surface area contributed by atoms with Gasteiger partial charge in [-0.05, 0) is 24.5 Å². The number of aldehydes is 2. The maximum atomic E-state index is 11.7. The lowest BCUT2D eigenvalue weighted by atomic mass is 10.0. The van der Waals surface area contributed by atoms with Gasteiger partial charge >= 0.3 is 0 Å². The first-order valence-corrected chi connectivity index (χ1v) is 7.51. The van der Waals surface area contributed by atoms with Crippen LogP contribution in [0.3, 0.4) is 0 Å². The van der Waals surface area contributed by atoms with E-state index in [-0.39, 0.29) is 24.0 Å². The van der Waals surface area contributed by atoms with E-state index in [0.717, 1.165) is 5.56 Å². The van der Waals surface area contributed by atoms with Gasteiger partial charge in [-0.2, -0.15) is 0 Å². The Bertz CT molecular complexity index is 557. The van der Waals surface area contributed by atoms with Crippen LogP contribution in [0.5, 0.6) is 0 Å². The van der Waals surface area contributed by atoms with E-state index >= 15 is 0 Å². The van der Waals surface area contributed by atoms with Crippen LogP contribution >= 0.6 is 11.6 Å². The Morgan fingerprint density at radius 2 is 1.82 bits per heavy atom. The lowest BCUT2D eigenvalue weighted by Gasteiger charge is -2.06. The monoisotopic (exact) mass is 323 g/mol. The van der Waals surface area contributed by atoms with Crippen molar-refractivity contribution in [1.82, 2.24) is 5.32 Å². The van der Waals surface area contributed by atoms with Crippen molar-refractivity contribution < 1.29 is 19.2 Å². The van der Waals surface area contributed by atoms with Gasteiger partial charge in [-0.1, -0.05) is 12.1 Å². The summed E-state index contributed by atoms with van der Waals surface area (Å²) in [4.78, 5) is 44.2. The summed E-state index contributed by atoms with van der Waals surface area (Å²) in [6, 6.07) is 4.91. The molecule has 118 valence electrons. The summed E-state index contributed by atoms with van der Waals surface area (Å²) in [5.41, 5.74) is 1.49. The van der Waals surface area contributed by atoms with Gasteiger partial charge in [0.05, 0.1) is 5.88 Å². The van der Waals surface area contributed by atoms with Crippen molar-refractivity contribution in [1.29, 1.82) is 0 Å². The number of rotatable bonds is 10. The van der Waals surface area contributed by atoms with Crippen molar-refractivity contribution >= 4 is 35.9 Å². The average Bonchev–Trinajstić information content (AvgIpc) is 2.56. The van der Waals surface area contributed by atoms with E-state index in [1.165, 1.54) is 0 Å². The minimum atomic E-state index is -0.120. The van der Waals surface area contributed by atoms with Crippen LogP contribution in [0.2, 0.25) is 0 Å². The SMILES string of the molecule is O=Cc1ccc(CCC(=O)NCCCC(=O)CCl)cc1C=O. The van der Waals surface area contributed by atoms with Crippen LogP contribution < -0.4 is 5.32 Å². The number of halogens is 1. The van der Waals surface area contributed by atoms with E-state index in [1.807, 2.05) is 0 Å².